The molecule has 0 saturated heterocycles. The van der Waals surface area contributed by atoms with E-state index in [-0.39, 0.29) is 49.1 Å². The number of amides is 2. The minimum atomic E-state index is -5.28. The molecule has 2 heterocycles. The van der Waals surface area contributed by atoms with Crippen LogP contribution >= 0.6 is 11.8 Å². The predicted octanol–water partition coefficient (Wildman–Crippen LogP) is 5.22. The lowest BCUT2D eigenvalue weighted by atomic mass is 10.00. The van der Waals surface area contributed by atoms with Crippen LogP contribution in [-0.4, -0.2) is 64.3 Å². The van der Waals surface area contributed by atoms with Gasteiger partial charge in [-0.15, -0.1) is 11.8 Å². The number of hydrogen-bond donors (Lipinski definition) is 1. The Kier molecular flexibility index (Phi) is 9.16. The van der Waals surface area contributed by atoms with Crippen LogP contribution in [-0.2, 0) is 31.9 Å². The minimum absolute atomic E-state index is 0.0247. The number of anilines is 1. The van der Waals surface area contributed by atoms with Gasteiger partial charge in [-0.2, -0.15) is 31.4 Å². The van der Waals surface area contributed by atoms with Gasteiger partial charge in [0.1, 0.15) is 0 Å². The van der Waals surface area contributed by atoms with Crippen LogP contribution in [0.2, 0.25) is 0 Å². The molecular formula is C29H28F6N4O4S. The molecule has 0 radical (unpaired) electrons. The molecule has 2 aromatic carbocycles. The highest BCUT2D eigenvalue weighted by Crippen LogP contribution is 2.44. The van der Waals surface area contributed by atoms with E-state index in [1.165, 1.54) is 33.7 Å². The molecule has 1 N–H and O–H groups in total. The Balaban J connectivity index is 1.36. The van der Waals surface area contributed by atoms with Crippen LogP contribution in [0.3, 0.4) is 0 Å². The van der Waals surface area contributed by atoms with Crippen molar-refractivity contribution in [3.05, 3.63) is 77.0 Å². The third-order valence-electron chi connectivity index (χ3n) is 7.53. The first kappa shape index (κ1) is 31.7. The molecule has 1 unspecified atom stereocenters. The molecule has 2 aromatic rings. The fourth-order valence-corrected chi connectivity index (χ4v) is 6.56. The highest BCUT2D eigenvalue weighted by atomic mass is 32.2. The van der Waals surface area contributed by atoms with Crippen molar-refractivity contribution in [2.24, 2.45) is 0 Å². The number of nitrogens with zero attached hydrogens (tertiary/aromatic N) is 3. The number of hydroxylamine groups is 2. The molecule has 1 saturated carbocycles. The highest BCUT2D eigenvalue weighted by molar-refractivity contribution is 8.00. The molecule has 8 nitrogen and oxygen atoms in total. The molecular weight excluding hydrogens is 614 g/mol. The fraction of sp³-hybridized carbons (Fsp3) is 0.414. The second-order valence-electron chi connectivity index (χ2n) is 10.5. The number of benzene rings is 2. The molecule has 2 aliphatic heterocycles. The van der Waals surface area contributed by atoms with Crippen molar-refractivity contribution in [2.45, 2.75) is 55.3 Å². The monoisotopic (exact) mass is 642 g/mol. The van der Waals surface area contributed by atoms with Gasteiger partial charge >= 0.3 is 18.3 Å². The van der Waals surface area contributed by atoms with Crippen molar-refractivity contribution >= 4 is 35.2 Å². The number of carbonyl (C=O) groups excluding carboxylic acids is 3. The van der Waals surface area contributed by atoms with Crippen molar-refractivity contribution in [2.75, 3.05) is 24.5 Å². The number of nitrogens with one attached hydrogen (secondary N) is 1. The van der Waals surface area contributed by atoms with Crippen LogP contribution in [0.4, 0.5) is 32.0 Å². The van der Waals surface area contributed by atoms with E-state index in [2.05, 4.69) is 5.32 Å². The molecule has 0 bridgehead atoms. The maximum absolute atomic E-state index is 14.0. The first-order chi connectivity index (χ1) is 20.8. The number of carbonyl (C=O) groups is 3. The molecule has 1 aliphatic carbocycles. The van der Waals surface area contributed by atoms with Crippen molar-refractivity contribution < 1.29 is 45.6 Å². The summed E-state index contributed by atoms with van der Waals surface area (Å²) >= 11 is 1.25. The van der Waals surface area contributed by atoms with E-state index in [9.17, 15) is 40.7 Å². The van der Waals surface area contributed by atoms with Crippen LogP contribution in [0.25, 0.3) is 0 Å². The SMILES string of the molecule is O=C(CNCc1ccc(C(F)(F)F)cc1)N1CCC2=C(C1)C(=O)N(c1ccccc1)C(SC1CCC1)N2OC(=O)C(F)(F)F. The van der Waals surface area contributed by atoms with E-state index < -0.39 is 41.2 Å². The van der Waals surface area contributed by atoms with Crippen LogP contribution in [0, 0.1) is 0 Å². The molecule has 1 fully saturated rings. The molecule has 15 heteroatoms. The van der Waals surface area contributed by atoms with Gasteiger partial charge in [0.15, 0.2) is 5.50 Å². The summed E-state index contributed by atoms with van der Waals surface area (Å²) in [6, 6.07) is 12.8. The number of alkyl halides is 6. The van der Waals surface area contributed by atoms with Gasteiger partial charge in [0, 0.05) is 30.4 Å². The molecule has 1 atom stereocenters. The van der Waals surface area contributed by atoms with Crippen molar-refractivity contribution in [1.82, 2.24) is 15.3 Å². The first-order valence-corrected chi connectivity index (χ1v) is 14.8. The number of rotatable bonds is 8. The van der Waals surface area contributed by atoms with Crippen molar-refractivity contribution in [3.63, 3.8) is 0 Å². The van der Waals surface area contributed by atoms with E-state index >= 15 is 0 Å². The van der Waals surface area contributed by atoms with Gasteiger partial charge < -0.3 is 15.1 Å². The average molecular weight is 643 g/mol. The van der Waals surface area contributed by atoms with Gasteiger partial charge in [0.25, 0.3) is 5.91 Å². The quantitative estimate of drug-likeness (QED) is 0.396. The van der Waals surface area contributed by atoms with E-state index in [1.807, 2.05) is 0 Å². The van der Waals surface area contributed by atoms with E-state index in [1.54, 1.807) is 30.3 Å². The zero-order valence-electron chi connectivity index (χ0n) is 23.2. The van der Waals surface area contributed by atoms with E-state index in [0.29, 0.717) is 11.3 Å². The summed E-state index contributed by atoms with van der Waals surface area (Å²) in [5.41, 5.74) is -0.842. The Morgan fingerprint density at radius 1 is 0.977 bits per heavy atom. The molecule has 3 aliphatic rings. The van der Waals surface area contributed by atoms with Gasteiger partial charge in [-0.25, -0.2) is 4.79 Å². The molecule has 0 spiro atoms. The largest absolute Gasteiger partial charge is 0.493 e. The van der Waals surface area contributed by atoms with Gasteiger partial charge in [-0.3, -0.25) is 14.5 Å². The summed E-state index contributed by atoms with van der Waals surface area (Å²) < 4.78 is 78.5. The second kappa shape index (κ2) is 12.7. The lowest BCUT2D eigenvalue weighted by Crippen LogP contribution is -2.59. The highest BCUT2D eigenvalue weighted by Gasteiger charge is 2.50. The summed E-state index contributed by atoms with van der Waals surface area (Å²) in [7, 11) is 0. The standard InChI is InChI=1S/C29H28F6N4O4S/c30-28(31,32)19-11-9-18(10-12-19)15-36-16-24(40)37-14-13-23-22(17-37)25(41)38(20-5-2-1-3-6-20)27(44-21-7-4-8-21)39(23)43-26(42)29(33,34)35/h1-3,5-6,9-12,21,27,36H,4,7-8,13-17H2. The first-order valence-electron chi connectivity index (χ1n) is 13.8. The zero-order valence-corrected chi connectivity index (χ0v) is 24.0. The summed E-state index contributed by atoms with van der Waals surface area (Å²) in [5, 5.41) is 3.80. The van der Waals surface area contributed by atoms with Crippen LogP contribution in [0.15, 0.2) is 65.9 Å². The van der Waals surface area contributed by atoms with E-state index in [4.69, 9.17) is 4.84 Å². The average Bonchev–Trinajstić information content (AvgIpc) is 2.96. The van der Waals surface area contributed by atoms with Crippen LogP contribution < -0.4 is 10.2 Å². The smallest absolute Gasteiger partial charge is 0.337 e. The zero-order chi connectivity index (χ0) is 31.6. The Morgan fingerprint density at radius 3 is 2.25 bits per heavy atom. The summed E-state index contributed by atoms with van der Waals surface area (Å²) in [4.78, 5) is 46.7. The third-order valence-corrected chi connectivity index (χ3v) is 9.04. The van der Waals surface area contributed by atoms with Gasteiger partial charge in [0.2, 0.25) is 5.91 Å². The molecule has 2 amide bonds. The lowest BCUT2D eigenvalue weighted by molar-refractivity contribution is -0.235. The predicted molar refractivity (Wildman–Crippen MR) is 148 cm³/mol. The maximum atomic E-state index is 14.0. The number of para-hydroxylation sites is 1. The number of hydrogen-bond acceptors (Lipinski definition) is 7. The van der Waals surface area contributed by atoms with Crippen molar-refractivity contribution in [3.8, 4) is 0 Å². The number of thioether (sulfide) groups is 1. The van der Waals surface area contributed by atoms with Gasteiger partial charge in [-0.05, 0) is 42.7 Å². The number of halogens is 6. The summed E-state index contributed by atoms with van der Waals surface area (Å²) in [6.07, 6.45) is -7.25. The van der Waals surface area contributed by atoms with Crippen LogP contribution in [0.1, 0.15) is 36.8 Å². The van der Waals surface area contributed by atoms with E-state index in [0.717, 1.165) is 36.5 Å². The van der Waals surface area contributed by atoms with Crippen molar-refractivity contribution in [1.29, 1.82) is 0 Å². The van der Waals surface area contributed by atoms with Crippen LogP contribution in [0.5, 0.6) is 0 Å². The Hall–Kier alpha value is -3.72. The normalized spacial score (nSPS) is 19.5. The van der Waals surface area contributed by atoms with Gasteiger partial charge in [0.05, 0.1) is 29.9 Å². The maximum Gasteiger partial charge on any atom is 0.493 e. The fourth-order valence-electron chi connectivity index (χ4n) is 4.99. The van der Waals surface area contributed by atoms with Gasteiger partial charge in [-0.1, -0.05) is 36.8 Å². The topological polar surface area (TPSA) is 82.2 Å². The minimum Gasteiger partial charge on any atom is -0.337 e. The molecule has 0 aromatic heterocycles. The summed E-state index contributed by atoms with van der Waals surface area (Å²) in [5.74, 6) is -3.36. The second-order valence-corrected chi connectivity index (χ2v) is 11.9. The molecule has 236 valence electrons. The lowest BCUT2D eigenvalue weighted by Gasteiger charge is -2.48. The molecule has 5 rings (SSSR count). The Labute approximate surface area is 252 Å². The third kappa shape index (κ3) is 6.98. The molecule has 44 heavy (non-hydrogen) atoms. The summed E-state index contributed by atoms with van der Waals surface area (Å²) in [6.45, 7) is -0.293. The Bertz CT molecular complexity index is 1410. The Morgan fingerprint density at radius 2 is 1.66 bits per heavy atom.